The number of rotatable bonds is 8. The summed E-state index contributed by atoms with van der Waals surface area (Å²) < 4.78 is 19.7. The highest BCUT2D eigenvalue weighted by molar-refractivity contribution is 9.10. The van der Waals surface area contributed by atoms with Gasteiger partial charge in [0.15, 0.2) is 11.5 Å². The molecule has 7 rings (SSSR count). The number of nitrogens with one attached hydrogen (secondary N) is 1. The van der Waals surface area contributed by atoms with Crippen molar-refractivity contribution in [2.45, 2.75) is 25.8 Å². The highest BCUT2D eigenvalue weighted by atomic mass is 79.9. The van der Waals surface area contributed by atoms with Crippen LogP contribution < -0.4 is 19.5 Å². The van der Waals surface area contributed by atoms with Crippen LogP contribution in [0.4, 0.5) is 5.95 Å². The Morgan fingerprint density at radius 3 is 2.36 bits per heavy atom. The first-order chi connectivity index (χ1) is 23.0. The number of amides is 1. The van der Waals surface area contributed by atoms with Crippen molar-refractivity contribution in [3.8, 4) is 17.2 Å². The Morgan fingerprint density at radius 1 is 0.872 bits per heavy atom. The van der Waals surface area contributed by atoms with Gasteiger partial charge in [-0.25, -0.2) is 9.97 Å². The maximum atomic E-state index is 14.5. The molecule has 9 heteroatoms. The van der Waals surface area contributed by atoms with Gasteiger partial charge in [0.05, 0.1) is 55.7 Å². The quantitative estimate of drug-likeness (QED) is 0.172. The molecule has 1 amide bonds. The number of hydrogen-bond acceptors (Lipinski definition) is 6. The molecule has 0 radical (unpaired) electrons. The molecule has 4 aromatic carbocycles. The second-order valence-electron chi connectivity index (χ2n) is 11.4. The Labute approximate surface area is 281 Å². The van der Waals surface area contributed by atoms with E-state index in [-0.39, 0.29) is 5.91 Å². The Morgan fingerprint density at radius 2 is 1.62 bits per heavy atom. The van der Waals surface area contributed by atoms with E-state index in [1.54, 1.807) is 21.3 Å². The van der Waals surface area contributed by atoms with E-state index in [1.807, 2.05) is 72.8 Å². The Kier molecular flexibility index (Phi) is 8.39. The SMILES string of the molecule is COc1cc(/C=C2/CCCc3c2nc2ccccc2c3C(=O)Nc2nc3cc(Br)ccc3n2Cc2ccccc2)cc(OC)c1OC. The lowest BCUT2D eigenvalue weighted by atomic mass is 9.85. The van der Waals surface area contributed by atoms with E-state index < -0.39 is 0 Å². The largest absolute Gasteiger partial charge is 0.493 e. The van der Waals surface area contributed by atoms with Gasteiger partial charge in [-0.1, -0.05) is 64.5 Å². The van der Waals surface area contributed by atoms with Gasteiger partial charge in [-0.2, -0.15) is 0 Å². The van der Waals surface area contributed by atoms with Gasteiger partial charge in [-0.05, 0) is 84.0 Å². The lowest BCUT2D eigenvalue weighted by Crippen LogP contribution is -2.21. The molecule has 0 bridgehead atoms. The van der Waals surface area contributed by atoms with E-state index in [1.165, 1.54) is 0 Å². The molecule has 0 saturated heterocycles. The zero-order valence-corrected chi connectivity index (χ0v) is 27.9. The number of hydrogen-bond donors (Lipinski definition) is 1. The van der Waals surface area contributed by atoms with Crippen LogP contribution in [-0.2, 0) is 13.0 Å². The molecule has 1 aliphatic carbocycles. The van der Waals surface area contributed by atoms with E-state index >= 15 is 0 Å². The van der Waals surface area contributed by atoms with Gasteiger partial charge >= 0.3 is 0 Å². The minimum Gasteiger partial charge on any atom is -0.493 e. The van der Waals surface area contributed by atoms with Crippen molar-refractivity contribution in [2.24, 2.45) is 0 Å². The number of pyridine rings is 1. The highest BCUT2D eigenvalue weighted by Gasteiger charge is 2.27. The fraction of sp³-hybridized carbons (Fsp3) is 0.184. The van der Waals surface area contributed by atoms with Crippen molar-refractivity contribution in [1.29, 1.82) is 0 Å². The van der Waals surface area contributed by atoms with Gasteiger partial charge in [0.1, 0.15) is 0 Å². The number of allylic oxidation sites excluding steroid dienone is 1. The minimum atomic E-state index is -0.211. The molecule has 1 N–H and O–H groups in total. The number of carbonyl (C=O) groups excluding carboxylic acids is 1. The molecular weight excluding hydrogens is 656 g/mol. The van der Waals surface area contributed by atoms with Crippen LogP contribution in [0.25, 0.3) is 33.6 Å². The van der Waals surface area contributed by atoms with Crippen molar-refractivity contribution < 1.29 is 19.0 Å². The van der Waals surface area contributed by atoms with Crippen molar-refractivity contribution in [3.05, 3.63) is 117 Å². The predicted octanol–water partition coefficient (Wildman–Crippen LogP) is 8.55. The molecule has 8 nitrogen and oxygen atoms in total. The average Bonchev–Trinajstić information content (AvgIpc) is 3.42. The summed E-state index contributed by atoms with van der Waals surface area (Å²) in [5.41, 5.74) is 7.92. The fourth-order valence-electron chi connectivity index (χ4n) is 6.41. The molecule has 0 atom stereocenters. The number of para-hydroxylation sites is 1. The third-order valence-corrected chi connectivity index (χ3v) is 9.04. The lowest BCUT2D eigenvalue weighted by Gasteiger charge is -2.23. The minimum absolute atomic E-state index is 0.211. The molecule has 0 aliphatic heterocycles. The maximum absolute atomic E-state index is 14.5. The third kappa shape index (κ3) is 5.83. The van der Waals surface area contributed by atoms with Gasteiger partial charge in [-0.3, -0.25) is 10.1 Å². The number of fused-ring (bicyclic) bond motifs is 3. The zero-order valence-electron chi connectivity index (χ0n) is 26.3. The van der Waals surface area contributed by atoms with Crippen LogP contribution in [-0.4, -0.2) is 41.8 Å². The van der Waals surface area contributed by atoms with Gasteiger partial charge in [-0.15, -0.1) is 0 Å². The Balaban J connectivity index is 1.34. The number of anilines is 1. The van der Waals surface area contributed by atoms with E-state index in [2.05, 4.69) is 44.0 Å². The molecule has 0 unspecified atom stereocenters. The van der Waals surface area contributed by atoms with E-state index in [0.717, 1.165) is 73.6 Å². The summed E-state index contributed by atoms with van der Waals surface area (Å²) in [6.45, 7) is 0.561. The molecule has 0 spiro atoms. The Hall–Kier alpha value is -5.15. The van der Waals surface area contributed by atoms with Gasteiger partial charge in [0.25, 0.3) is 5.91 Å². The number of aromatic nitrogens is 3. The number of ether oxygens (including phenoxy) is 3. The van der Waals surface area contributed by atoms with Crippen molar-refractivity contribution in [1.82, 2.24) is 14.5 Å². The van der Waals surface area contributed by atoms with E-state index in [0.29, 0.717) is 35.3 Å². The third-order valence-electron chi connectivity index (χ3n) is 8.54. The molecule has 1 aliphatic rings. The van der Waals surface area contributed by atoms with Gasteiger partial charge < -0.3 is 18.8 Å². The first-order valence-electron chi connectivity index (χ1n) is 15.4. The number of benzene rings is 4. The van der Waals surface area contributed by atoms with E-state index in [4.69, 9.17) is 24.2 Å². The number of halogens is 1. The molecule has 0 saturated carbocycles. The summed E-state index contributed by atoms with van der Waals surface area (Å²) in [6.07, 6.45) is 4.53. The molecule has 47 heavy (non-hydrogen) atoms. The summed E-state index contributed by atoms with van der Waals surface area (Å²) in [6, 6.07) is 27.8. The fourth-order valence-corrected chi connectivity index (χ4v) is 6.76. The summed E-state index contributed by atoms with van der Waals surface area (Å²) in [4.78, 5) is 24.5. The normalized spacial score (nSPS) is 13.5. The van der Waals surface area contributed by atoms with Gasteiger partial charge in [0, 0.05) is 9.86 Å². The number of carbonyl (C=O) groups is 1. The van der Waals surface area contributed by atoms with Gasteiger partial charge in [0.2, 0.25) is 11.7 Å². The topological polar surface area (TPSA) is 87.5 Å². The Bertz CT molecular complexity index is 2150. The van der Waals surface area contributed by atoms with Crippen LogP contribution >= 0.6 is 15.9 Å². The summed E-state index contributed by atoms with van der Waals surface area (Å²) in [5, 5.41) is 4.02. The second-order valence-corrected chi connectivity index (χ2v) is 12.3. The van der Waals surface area contributed by atoms with Crippen molar-refractivity contribution >= 4 is 61.4 Å². The summed E-state index contributed by atoms with van der Waals surface area (Å²) in [7, 11) is 4.80. The molecular formula is C38H33BrN4O4. The van der Waals surface area contributed by atoms with Crippen LogP contribution in [0, 0.1) is 0 Å². The molecule has 0 fully saturated rings. The maximum Gasteiger partial charge on any atom is 0.259 e. The van der Waals surface area contributed by atoms with Crippen LogP contribution in [0.15, 0.2) is 89.4 Å². The van der Waals surface area contributed by atoms with E-state index in [9.17, 15) is 4.79 Å². The zero-order chi connectivity index (χ0) is 32.5. The molecule has 2 heterocycles. The molecule has 236 valence electrons. The summed E-state index contributed by atoms with van der Waals surface area (Å²) in [5.74, 6) is 1.97. The van der Waals surface area contributed by atoms with Crippen LogP contribution in [0.2, 0.25) is 0 Å². The van der Waals surface area contributed by atoms with Crippen molar-refractivity contribution in [2.75, 3.05) is 26.6 Å². The predicted molar refractivity (Wildman–Crippen MR) is 190 cm³/mol. The standard InChI is InChI=1S/C38H33BrN4O4/c1-45-32-19-24(20-33(46-2)36(32)47-3)18-25-12-9-14-28-34(27-13-7-8-15-29(27)40-35(25)28)37(44)42-38-41-30-21-26(39)16-17-31(30)43(38)22-23-10-5-4-6-11-23/h4-8,10-11,13,15-21H,9,12,14,22H2,1-3H3,(H,41,42,44)/b25-18-. The van der Waals surface area contributed by atoms with Crippen LogP contribution in [0.5, 0.6) is 17.2 Å². The number of methoxy groups -OCH3 is 3. The summed E-state index contributed by atoms with van der Waals surface area (Å²) >= 11 is 3.57. The second kappa shape index (κ2) is 12.9. The number of imidazole rings is 1. The monoisotopic (exact) mass is 688 g/mol. The first kappa shape index (κ1) is 30.5. The van der Waals surface area contributed by atoms with Crippen molar-refractivity contribution in [3.63, 3.8) is 0 Å². The average molecular weight is 690 g/mol. The molecule has 6 aromatic rings. The molecule has 2 aromatic heterocycles. The highest BCUT2D eigenvalue weighted by Crippen LogP contribution is 2.41. The van der Waals surface area contributed by atoms with Crippen LogP contribution in [0.3, 0.4) is 0 Å². The van der Waals surface area contributed by atoms with Crippen LogP contribution in [0.1, 0.15) is 45.6 Å². The smallest absolute Gasteiger partial charge is 0.259 e. The number of nitrogens with zero attached hydrogens (tertiary/aromatic N) is 3. The first-order valence-corrected chi connectivity index (χ1v) is 16.2. The lowest BCUT2D eigenvalue weighted by molar-refractivity contribution is 0.102.